The highest BCUT2D eigenvalue weighted by atomic mass is 32.2. The van der Waals surface area contributed by atoms with Crippen molar-refractivity contribution in [3.63, 3.8) is 0 Å². The highest BCUT2D eigenvalue weighted by Gasteiger charge is 2.21. The summed E-state index contributed by atoms with van der Waals surface area (Å²) in [6.07, 6.45) is 0. The van der Waals surface area contributed by atoms with E-state index >= 15 is 0 Å². The molecule has 4 rings (SSSR count). The van der Waals surface area contributed by atoms with E-state index in [0.29, 0.717) is 19.0 Å². The molecule has 1 aliphatic rings. The Balaban J connectivity index is 1.54. The molecule has 1 N–H and O–H groups in total. The zero-order valence-electron chi connectivity index (χ0n) is 14.6. The molecule has 2 aromatic heterocycles. The van der Waals surface area contributed by atoms with Crippen molar-refractivity contribution in [3.05, 3.63) is 48.0 Å². The van der Waals surface area contributed by atoms with E-state index in [-0.39, 0.29) is 11.5 Å². The Labute approximate surface area is 152 Å². The summed E-state index contributed by atoms with van der Waals surface area (Å²) < 4.78 is 24.9. The van der Waals surface area contributed by atoms with E-state index in [0.717, 1.165) is 23.4 Å². The first-order valence-electron chi connectivity index (χ1n) is 8.60. The Hall–Kier alpha value is -2.45. The predicted octanol–water partition coefficient (Wildman–Crippen LogP) is 1.67. The third-order valence-electron chi connectivity index (χ3n) is 4.68. The number of pyridine rings is 1. The van der Waals surface area contributed by atoms with Gasteiger partial charge in [-0.3, -0.25) is 4.90 Å². The van der Waals surface area contributed by atoms with Gasteiger partial charge in [-0.05, 0) is 17.7 Å². The normalized spacial score (nSPS) is 17.4. The van der Waals surface area contributed by atoms with Crippen molar-refractivity contribution in [1.82, 2.24) is 19.5 Å². The van der Waals surface area contributed by atoms with Crippen molar-refractivity contribution >= 4 is 21.4 Å². The first-order chi connectivity index (χ1) is 12.5. The van der Waals surface area contributed by atoms with E-state index in [1.54, 1.807) is 7.05 Å². The standard InChI is InChI=1S/C18H21N5O2S/c1-19-18-20-17-4-2-3-16(23(17)21-18)15-7-5-14(6-8-15)13-22-9-11-26(24,25)12-10-22/h2-8H,9-13H2,1H3,(H,19,21). The zero-order chi connectivity index (χ0) is 18.1. The van der Waals surface area contributed by atoms with Gasteiger partial charge in [-0.25, -0.2) is 12.9 Å². The van der Waals surface area contributed by atoms with E-state index in [9.17, 15) is 8.42 Å². The maximum Gasteiger partial charge on any atom is 0.242 e. The summed E-state index contributed by atoms with van der Waals surface area (Å²) in [5.41, 5.74) is 4.01. The highest BCUT2D eigenvalue weighted by molar-refractivity contribution is 7.91. The number of nitrogens with zero attached hydrogens (tertiary/aromatic N) is 4. The number of aromatic nitrogens is 3. The second kappa shape index (κ2) is 6.69. The van der Waals surface area contributed by atoms with Crippen LogP contribution in [0.4, 0.5) is 5.95 Å². The first kappa shape index (κ1) is 17.0. The molecule has 0 radical (unpaired) electrons. The Kier molecular flexibility index (Phi) is 4.37. The van der Waals surface area contributed by atoms with Crippen LogP contribution in [0, 0.1) is 0 Å². The molecule has 0 amide bonds. The number of fused-ring (bicyclic) bond motifs is 1. The summed E-state index contributed by atoms with van der Waals surface area (Å²) in [6, 6.07) is 14.3. The van der Waals surface area contributed by atoms with Gasteiger partial charge in [0.05, 0.1) is 17.2 Å². The second-order valence-electron chi connectivity index (χ2n) is 6.49. The molecule has 7 nitrogen and oxygen atoms in total. The number of sulfone groups is 1. The van der Waals surface area contributed by atoms with Crippen LogP contribution < -0.4 is 5.32 Å². The smallest absolute Gasteiger partial charge is 0.242 e. The minimum atomic E-state index is -2.83. The SMILES string of the molecule is CNc1nc2cccc(-c3ccc(CN4CCS(=O)(=O)CC4)cc3)n2n1. The van der Waals surface area contributed by atoms with Gasteiger partial charge in [0.25, 0.3) is 0 Å². The fourth-order valence-electron chi connectivity index (χ4n) is 3.18. The lowest BCUT2D eigenvalue weighted by molar-refractivity contribution is 0.287. The number of anilines is 1. The Morgan fingerprint density at radius 2 is 1.81 bits per heavy atom. The minimum absolute atomic E-state index is 0.257. The quantitative estimate of drug-likeness (QED) is 0.752. The van der Waals surface area contributed by atoms with Crippen LogP contribution in [-0.2, 0) is 16.4 Å². The lowest BCUT2D eigenvalue weighted by Gasteiger charge is -2.26. The largest absolute Gasteiger partial charge is 0.356 e. The Morgan fingerprint density at radius 3 is 2.50 bits per heavy atom. The molecule has 3 heterocycles. The van der Waals surface area contributed by atoms with Crippen LogP contribution in [-0.4, -0.2) is 59.6 Å². The molecular weight excluding hydrogens is 350 g/mol. The first-order valence-corrected chi connectivity index (χ1v) is 10.4. The van der Waals surface area contributed by atoms with Gasteiger partial charge < -0.3 is 5.32 Å². The number of hydrogen-bond donors (Lipinski definition) is 1. The van der Waals surface area contributed by atoms with Crippen LogP contribution in [0.1, 0.15) is 5.56 Å². The van der Waals surface area contributed by atoms with E-state index < -0.39 is 9.84 Å². The molecule has 1 saturated heterocycles. The number of nitrogens with one attached hydrogen (secondary N) is 1. The molecule has 1 fully saturated rings. The third-order valence-corrected chi connectivity index (χ3v) is 6.29. The van der Waals surface area contributed by atoms with Gasteiger partial charge in [0, 0.05) is 32.2 Å². The molecule has 0 atom stereocenters. The second-order valence-corrected chi connectivity index (χ2v) is 8.79. The molecule has 0 saturated carbocycles. The molecule has 136 valence electrons. The molecule has 0 spiro atoms. The van der Waals surface area contributed by atoms with Crippen molar-refractivity contribution < 1.29 is 8.42 Å². The van der Waals surface area contributed by atoms with Gasteiger partial charge in [-0.2, -0.15) is 4.98 Å². The molecule has 3 aromatic rings. The zero-order valence-corrected chi connectivity index (χ0v) is 15.4. The maximum absolute atomic E-state index is 11.5. The van der Waals surface area contributed by atoms with Gasteiger partial charge >= 0.3 is 0 Å². The van der Waals surface area contributed by atoms with Crippen LogP contribution in [0.3, 0.4) is 0 Å². The molecule has 0 bridgehead atoms. The van der Waals surface area contributed by atoms with Crippen molar-refractivity contribution in [1.29, 1.82) is 0 Å². The van der Waals surface area contributed by atoms with Crippen molar-refractivity contribution in [3.8, 4) is 11.3 Å². The molecule has 26 heavy (non-hydrogen) atoms. The molecule has 0 aliphatic carbocycles. The van der Waals surface area contributed by atoms with E-state index in [1.165, 1.54) is 5.56 Å². The Bertz CT molecular complexity index is 1010. The summed E-state index contributed by atoms with van der Waals surface area (Å²) in [5.74, 6) is 1.11. The van der Waals surface area contributed by atoms with Crippen LogP contribution in [0.15, 0.2) is 42.5 Å². The van der Waals surface area contributed by atoms with E-state index in [1.807, 2.05) is 22.7 Å². The topological polar surface area (TPSA) is 79.6 Å². The Morgan fingerprint density at radius 1 is 1.08 bits per heavy atom. The summed E-state index contributed by atoms with van der Waals surface area (Å²) in [6.45, 7) is 1.98. The summed E-state index contributed by atoms with van der Waals surface area (Å²) >= 11 is 0. The maximum atomic E-state index is 11.5. The predicted molar refractivity (Wildman–Crippen MR) is 102 cm³/mol. The average Bonchev–Trinajstić information content (AvgIpc) is 3.07. The van der Waals surface area contributed by atoms with E-state index in [4.69, 9.17) is 0 Å². The van der Waals surface area contributed by atoms with Gasteiger partial charge in [0.15, 0.2) is 15.5 Å². The summed E-state index contributed by atoms with van der Waals surface area (Å²) in [5, 5.41) is 7.43. The monoisotopic (exact) mass is 371 g/mol. The fourth-order valence-corrected chi connectivity index (χ4v) is 4.45. The molecule has 8 heteroatoms. The molecule has 1 aromatic carbocycles. The van der Waals surface area contributed by atoms with Crippen LogP contribution in [0.5, 0.6) is 0 Å². The lowest BCUT2D eigenvalue weighted by atomic mass is 10.1. The number of rotatable bonds is 4. The van der Waals surface area contributed by atoms with Crippen molar-refractivity contribution in [2.75, 3.05) is 37.0 Å². The van der Waals surface area contributed by atoms with Gasteiger partial charge in [-0.1, -0.05) is 30.3 Å². The van der Waals surface area contributed by atoms with Gasteiger partial charge in [0.2, 0.25) is 5.95 Å². The minimum Gasteiger partial charge on any atom is -0.356 e. The van der Waals surface area contributed by atoms with Crippen LogP contribution >= 0.6 is 0 Å². The van der Waals surface area contributed by atoms with Gasteiger partial charge in [0.1, 0.15) is 0 Å². The van der Waals surface area contributed by atoms with Crippen molar-refractivity contribution in [2.45, 2.75) is 6.54 Å². The van der Waals surface area contributed by atoms with Crippen LogP contribution in [0.2, 0.25) is 0 Å². The third kappa shape index (κ3) is 3.42. The number of benzene rings is 1. The van der Waals surface area contributed by atoms with Crippen LogP contribution in [0.25, 0.3) is 16.9 Å². The lowest BCUT2D eigenvalue weighted by Crippen LogP contribution is -2.39. The van der Waals surface area contributed by atoms with Gasteiger partial charge in [-0.15, -0.1) is 5.10 Å². The molecular formula is C18H21N5O2S. The molecule has 1 aliphatic heterocycles. The fraction of sp³-hybridized carbons (Fsp3) is 0.333. The summed E-state index contributed by atoms with van der Waals surface area (Å²) in [4.78, 5) is 6.60. The van der Waals surface area contributed by atoms with Crippen molar-refractivity contribution in [2.24, 2.45) is 0 Å². The average molecular weight is 371 g/mol. The number of hydrogen-bond acceptors (Lipinski definition) is 6. The summed E-state index contributed by atoms with van der Waals surface area (Å²) in [7, 11) is -1.03. The molecule has 0 unspecified atom stereocenters. The highest BCUT2D eigenvalue weighted by Crippen LogP contribution is 2.22. The van der Waals surface area contributed by atoms with E-state index in [2.05, 4.69) is 44.6 Å².